The van der Waals surface area contributed by atoms with Crippen LogP contribution < -0.4 is 9.47 Å². The fourth-order valence-corrected chi connectivity index (χ4v) is 6.37. The van der Waals surface area contributed by atoms with Crippen LogP contribution >= 0.6 is 11.8 Å². The normalized spacial score (nSPS) is 17.0. The molecule has 1 fully saturated rings. The monoisotopic (exact) mass is 570 g/mol. The molecule has 4 nitrogen and oxygen atoms in total. The summed E-state index contributed by atoms with van der Waals surface area (Å²) in [6, 6.07) is 26.0. The number of aryl methyl sites for hydroxylation is 1. The zero-order valence-electron chi connectivity index (χ0n) is 24.2. The maximum absolute atomic E-state index is 11.0. The van der Waals surface area contributed by atoms with E-state index in [-0.39, 0.29) is 11.4 Å². The van der Waals surface area contributed by atoms with E-state index < -0.39 is 0 Å². The van der Waals surface area contributed by atoms with E-state index in [0.29, 0.717) is 6.61 Å². The fraction of sp³-hybridized carbons (Fsp3) is 0.417. The molecular weight excluding hydrogens is 528 g/mol. The summed E-state index contributed by atoms with van der Waals surface area (Å²) in [4.78, 5) is 11.0. The maximum Gasteiger partial charge on any atom is 0.199 e. The number of hydrogen-bond acceptors (Lipinski definition) is 5. The van der Waals surface area contributed by atoms with Crippen molar-refractivity contribution in [2.24, 2.45) is 0 Å². The van der Waals surface area contributed by atoms with Gasteiger partial charge in [-0.15, -0.1) is 0 Å². The lowest BCUT2D eigenvalue weighted by Gasteiger charge is -2.24. The molecule has 3 aromatic rings. The molecule has 0 spiro atoms. The van der Waals surface area contributed by atoms with E-state index in [0.717, 1.165) is 88.1 Å². The Morgan fingerprint density at radius 2 is 1.66 bits per heavy atom. The van der Waals surface area contributed by atoms with Gasteiger partial charge in [-0.1, -0.05) is 73.1 Å². The average molecular weight is 571 g/mol. The third-order valence-electron chi connectivity index (χ3n) is 7.80. The molecule has 1 aliphatic carbocycles. The van der Waals surface area contributed by atoms with Crippen molar-refractivity contribution in [3.05, 3.63) is 95.1 Å². The van der Waals surface area contributed by atoms with Crippen molar-refractivity contribution in [3.63, 3.8) is 0 Å². The number of thioether (sulfide) groups is 1. The number of ether oxygens (including phenoxy) is 3. The summed E-state index contributed by atoms with van der Waals surface area (Å²) in [7, 11) is 0. The van der Waals surface area contributed by atoms with Crippen LogP contribution in [-0.4, -0.2) is 30.4 Å². The van der Waals surface area contributed by atoms with Crippen molar-refractivity contribution in [2.45, 2.75) is 77.4 Å². The Kier molecular flexibility index (Phi) is 11.0. The summed E-state index contributed by atoms with van der Waals surface area (Å²) in [5, 5.41) is 0.208. The summed E-state index contributed by atoms with van der Waals surface area (Å²) >= 11 is 1.42. The van der Waals surface area contributed by atoms with Crippen LogP contribution in [0.2, 0.25) is 0 Å². The number of rotatable bonds is 12. The number of hydrogen-bond donors (Lipinski definition) is 0. The number of carbonyl (C=O) groups is 1. The van der Waals surface area contributed by atoms with Gasteiger partial charge >= 0.3 is 0 Å². The zero-order valence-corrected chi connectivity index (χ0v) is 25.1. The van der Waals surface area contributed by atoms with Crippen LogP contribution in [0, 0.1) is 0 Å². The van der Waals surface area contributed by atoms with E-state index >= 15 is 0 Å². The second kappa shape index (κ2) is 15.3. The van der Waals surface area contributed by atoms with E-state index in [9.17, 15) is 4.79 Å². The quantitative estimate of drug-likeness (QED) is 0.203. The van der Waals surface area contributed by atoms with Gasteiger partial charge in [-0.2, -0.15) is 0 Å². The molecule has 1 saturated heterocycles. The number of unbranched alkanes of at least 4 members (excludes halogenated alkanes) is 3. The molecular formula is C36H42O4S. The van der Waals surface area contributed by atoms with Crippen LogP contribution in [0.3, 0.4) is 0 Å². The molecule has 0 N–H and O–H groups in total. The Labute approximate surface area is 249 Å². The minimum Gasteiger partial charge on any atom is -0.494 e. The van der Waals surface area contributed by atoms with E-state index in [1.165, 1.54) is 45.2 Å². The molecule has 1 aliphatic heterocycles. The smallest absolute Gasteiger partial charge is 0.199 e. The number of allylic oxidation sites excluding steroid dienone is 1. The van der Waals surface area contributed by atoms with Crippen LogP contribution in [0.1, 0.15) is 87.0 Å². The lowest BCUT2D eigenvalue weighted by atomic mass is 9.88. The molecule has 3 aromatic carbocycles. The van der Waals surface area contributed by atoms with Gasteiger partial charge in [0.05, 0.1) is 13.2 Å². The van der Waals surface area contributed by atoms with E-state index in [1.807, 2.05) is 0 Å². The molecule has 0 radical (unpaired) electrons. The Bertz CT molecular complexity index is 1290. The van der Waals surface area contributed by atoms with E-state index in [1.54, 1.807) is 6.92 Å². The van der Waals surface area contributed by atoms with Crippen molar-refractivity contribution < 1.29 is 19.0 Å². The van der Waals surface area contributed by atoms with Gasteiger partial charge in [0.15, 0.2) is 11.4 Å². The average Bonchev–Trinajstić information content (AvgIpc) is 3.19. The van der Waals surface area contributed by atoms with Gasteiger partial charge in [-0.25, -0.2) is 0 Å². The number of fused-ring (bicyclic) bond motifs is 1. The predicted octanol–water partition coefficient (Wildman–Crippen LogP) is 9.11. The Hall–Kier alpha value is -3.02. The second-order valence-corrected chi connectivity index (χ2v) is 12.2. The van der Waals surface area contributed by atoms with Gasteiger partial charge in [0.1, 0.15) is 11.5 Å². The first-order valence-electron chi connectivity index (χ1n) is 15.2. The molecule has 0 bridgehead atoms. The van der Waals surface area contributed by atoms with Gasteiger partial charge in [0, 0.05) is 19.1 Å². The highest BCUT2D eigenvalue weighted by Gasteiger charge is 2.22. The number of benzene rings is 3. The summed E-state index contributed by atoms with van der Waals surface area (Å²) in [5.74, 6) is 2.73. The van der Waals surface area contributed by atoms with Crippen LogP contribution in [0.25, 0.3) is 11.1 Å². The van der Waals surface area contributed by atoms with Gasteiger partial charge < -0.3 is 14.2 Å². The molecule has 41 heavy (non-hydrogen) atoms. The second-order valence-electron chi connectivity index (χ2n) is 10.9. The fourth-order valence-electron chi connectivity index (χ4n) is 5.73. The molecule has 216 valence electrons. The van der Waals surface area contributed by atoms with Crippen LogP contribution in [0.15, 0.2) is 72.8 Å². The summed E-state index contributed by atoms with van der Waals surface area (Å²) in [6.07, 6.45) is 10.6. The molecule has 0 saturated carbocycles. The molecule has 1 atom stereocenters. The highest BCUT2D eigenvalue weighted by atomic mass is 32.2. The summed E-state index contributed by atoms with van der Waals surface area (Å²) in [5.41, 5.74) is 7.82. The van der Waals surface area contributed by atoms with Gasteiger partial charge in [0.2, 0.25) is 0 Å². The summed E-state index contributed by atoms with van der Waals surface area (Å²) < 4.78 is 18.2. The van der Waals surface area contributed by atoms with Crippen molar-refractivity contribution in [1.82, 2.24) is 0 Å². The van der Waals surface area contributed by atoms with Crippen molar-refractivity contribution in [2.75, 3.05) is 19.0 Å². The first-order chi connectivity index (χ1) is 20.2. The minimum atomic E-state index is -0.138. The molecule has 1 heterocycles. The van der Waals surface area contributed by atoms with Crippen molar-refractivity contribution in [3.8, 4) is 11.5 Å². The SMILES string of the molecule is CC(=O)SCCCCCCOc1ccc(C2=C(c3ccccc3)CCCc3cc(OC4CCCCO4)ccc32)cc1. The highest BCUT2D eigenvalue weighted by Crippen LogP contribution is 2.41. The minimum absolute atomic E-state index is 0.138. The van der Waals surface area contributed by atoms with Crippen LogP contribution in [0.5, 0.6) is 11.5 Å². The topological polar surface area (TPSA) is 44.8 Å². The third kappa shape index (κ3) is 8.50. The third-order valence-corrected chi connectivity index (χ3v) is 8.70. The molecule has 1 unspecified atom stereocenters. The van der Waals surface area contributed by atoms with E-state index in [2.05, 4.69) is 72.8 Å². The van der Waals surface area contributed by atoms with Gasteiger partial charge in [0.25, 0.3) is 0 Å². The van der Waals surface area contributed by atoms with Gasteiger partial charge in [-0.05, 0) is 103 Å². The van der Waals surface area contributed by atoms with Crippen molar-refractivity contribution in [1.29, 1.82) is 0 Å². The van der Waals surface area contributed by atoms with Gasteiger partial charge in [-0.3, -0.25) is 4.79 Å². The molecule has 5 heteroatoms. The first-order valence-corrected chi connectivity index (χ1v) is 16.2. The highest BCUT2D eigenvalue weighted by molar-refractivity contribution is 8.13. The number of carbonyl (C=O) groups excluding carboxylic acids is 1. The summed E-state index contributed by atoms with van der Waals surface area (Å²) in [6.45, 7) is 3.13. The zero-order chi connectivity index (χ0) is 28.3. The predicted molar refractivity (Wildman–Crippen MR) is 170 cm³/mol. The van der Waals surface area contributed by atoms with E-state index in [4.69, 9.17) is 14.2 Å². The molecule has 5 rings (SSSR count). The molecule has 2 aliphatic rings. The molecule has 0 aromatic heterocycles. The molecule has 0 amide bonds. The Morgan fingerprint density at radius 3 is 2.44 bits per heavy atom. The Balaban J connectivity index is 1.32. The van der Waals surface area contributed by atoms with Crippen LogP contribution in [-0.2, 0) is 16.0 Å². The van der Waals surface area contributed by atoms with Crippen molar-refractivity contribution >= 4 is 28.0 Å². The lowest BCUT2D eigenvalue weighted by molar-refractivity contribution is -0.109. The lowest BCUT2D eigenvalue weighted by Crippen LogP contribution is -2.25. The Morgan fingerprint density at radius 1 is 0.854 bits per heavy atom. The van der Waals surface area contributed by atoms with Crippen LogP contribution in [0.4, 0.5) is 0 Å². The maximum atomic E-state index is 11.0. The standard InChI is InChI=1S/C36H42O4S/c1-27(37)41-25-10-3-2-8-23-38-31-19-17-29(18-20-31)36-33(28-12-5-4-6-13-28)15-11-14-30-26-32(21-22-34(30)36)40-35-16-7-9-24-39-35/h4-6,12-13,17-22,26,35H,2-3,7-11,14-16,23-25H2,1H3. The largest absolute Gasteiger partial charge is 0.494 e. The first kappa shape index (κ1) is 29.5.